The molecule has 19 heavy (non-hydrogen) atoms. The molecule has 2 aliphatic rings. The van der Waals surface area contributed by atoms with Gasteiger partial charge in [-0.2, -0.15) is 0 Å². The number of hydrogen-bond acceptors (Lipinski definition) is 6. The predicted molar refractivity (Wildman–Crippen MR) is 58.6 cm³/mol. The van der Waals surface area contributed by atoms with E-state index >= 15 is 0 Å². The average Bonchev–Trinajstić information content (AvgIpc) is 2.92. The van der Waals surface area contributed by atoms with Crippen LogP contribution in [0.2, 0.25) is 0 Å². The van der Waals surface area contributed by atoms with Gasteiger partial charge in [0.25, 0.3) is 0 Å². The minimum absolute atomic E-state index is 0. The monoisotopic (exact) mass is 336 g/mol. The zero-order valence-corrected chi connectivity index (χ0v) is 13.1. The Morgan fingerprint density at radius 3 is 3.00 bits per heavy atom. The van der Waals surface area contributed by atoms with E-state index in [9.17, 15) is 5.11 Å². The van der Waals surface area contributed by atoms with Crippen molar-refractivity contribution in [2.45, 2.75) is 31.5 Å². The standard InChI is InChI=1S/C11H11N4O3.Y/c1-5-12-2-6-10(14-5)15(4-13-6)11-9-8(18-9)7(3-16)17-11;/h4,7-9,11,16H,3H2,1H3;/q-1;/t7-,8+,9?,11-;/m1./s1. The number of hydrogen-bond donors (Lipinski definition) is 1. The van der Waals surface area contributed by atoms with Crippen molar-refractivity contribution in [1.29, 1.82) is 0 Å². The van der Waals surface area contributed by atoms with E-state index in [2.05, 4.69) is 21.1 Å². The van der Waals surface area contributed by atoms with Gasteiger partial charge in [-0.1, -0.05) is 6.92 Å². The molecule has 8 heteroatoms. The van der Waals surface area contributed by atoms with E-state index in [1.807, 2.05) is 4.57 Å². The molecule has 0 bridgehead atoms. The predicted octanol–water partition coefficient (Wildman–Crippen LogP) is -0.410. The number of fused-ring (bicyclic) bond motifs is 2. The van der Waals surface area contributed by atoms with Gasteiger partial charge in [0.1, 0.15) is 18.3 Å². The number of imidazole rings is 1. The molecule has 0 amide bonds. The molecule has 2 fully saturated rings. The Morgan fingerprint density at radius 2 is 2.26 bits per heavy atom. The molecule has 4 rings (SSSR count). The van der Waals surface area contributed by atoms with Crippen molar-refractivity contribution in [3.63, 3.8) is 0 Å². The third-order valence-corrected chi connectivity index (χ3v) is 3.34. The number of aliphatic hydroxyl groups excluding tert-OH is 1. The molecule has 97 valence electrons. The fourth-order valence-electron chi connectivity index (χ4n) is 2.41. The van der Waals surface area contributed by atoms with Crippen molar-refractivity contribution in [2.75, 3.05) is 6.61 Å². The van der Waals surface area contributed by atoms with Gasteiger partial charge in [0, 0.05) is 44.1 Å². The van der Waals surface area contributed by atoms with E-state index in [1.54, 1.807) is 13.3 Å². The molecule has 2 saturated heterocycles. The summed E-state index contributed by atoms with van der Waals surface area (Å²) >= 11 is 0. The van der Waals surface area contributed by atoms with Crippen LogP contribution in [0.1, 0.15) is 12.1 Å². The molecule has 2 aliphatic heterocycles. The van der Waals surface area contributed by atoms with Crippen LogP contribution in [-0.2, 0) is 42.2 Å². The van der Waals surface area contributed by atoms with Gasteiger partial charge in [-0.15, -0.1) is 0 Å². The maximum absolute atomic E-state index is 9.17. The molecular formula is C11H11N4O3Y-. The van der Waals surface area contributed by atoms with E-state index in [0.29, 0.717) is 17.0 Å². The number of aromatic nitrogens is 4. The van der Waals surface area contributed by atoms with E-state index in [-0.39, 0.29) is 63.9 Å². The molecule has 1 radical (unpaired) electrons. The van der Waals surface area contributed by atoms with Crippen LogP contribution in [0.3, 0.4) is 0 Å². The summed E-state index contributed by atoms with van der Waals surface area (Å²) in [7, 11) is 0. The molecule has 4 atom stereocenters. The second-order valence-corrected chi connectivity index (χ2v) is 4.52. The normalized spacial score (nSPS) is 32.1. The Bertz CT molecular complexity index is 619. The van der Waals surface area contributed by atoms with Crippen molar-refractivity contribution < 1.29 is 47.3 Å². The third kappa shape index (κ3) is 2.04. The first-order chi connectivity index (χ1) is 8.78. The summed E-state index contributed by atoms with van der Waals surface area (Å²) in [5.41, 5.74) is 1.29. The van der Waals surface area contributed by atoms with E-state index in [0.717, 1.165) is 0 Å². The van der Waals surface area contributed by atoms with Gasteiger partial charge in [0.2, 0.25) is 0 Å². The maximum atomic E-state index is 9.17. The van der Waals surface area contributed by atoms with Gasteiger partial charge in [0.05, 0.1) is 18.6 Å². The Labute approximate surface area is 134 Å². The Morgan fingerprint density at radius 1 is 1.42 bits per heavy atom. The number of aryl methyl sites for hydroxylation is 1. The summed E-state index contributed by atoms with van der Waals surface area (Å²) in [5.74, 6) is 0.634. The maximum Gasteiger partial charge on any atom is 0.155 e. The third-order valence-electron chi connectivity index (χ3n) is 3.34. The van der Waals surface area contributed by atoms with Crippen LogP contribution in [0, 0.1) is 13.1 Å². The van der Waals surface area contributed by atoms with Crippen LogP contribution in [0.5, 0.6) is 0 Å². The van der Waals surface area contributed by atoms with Gasteiger partial charge >= 0.3 is 0 Å². The Hall–Kier alpha value is -0.466. The molecule has 0 spiro atoms. The van der Waals surface area contributed by atoms with Crippen LogP contribution in [-0.4, -0.2) is 49.5 Å². The van der Waals surface area contributed by atoms with Gasteiger partial charge in [-0.3, -0.25) is 4.98 Å². The van der Waals surface area contributed by atoms with Gasteiger partial charge in [-0.05, 0) is 6.20 Å². The zero-order chi connectivity index (χ0) is 12.3. The van der Waals surface area contributed by atoms with Crippen LogP contribution < -0.4 is 0 Å². The molecule has 7 nitrogen and oxygen atoms in total. The van der Waals surface area contributed by atoms with E-state index in [4.69, 9.17) is 9.47 Å². The van der Waals surface area contributed by atoms with Crippen molar-refractivity contribution in [1.82, 2.24) is 19.5 Å². The SMILES string of the molecule is Cc1n[c-]c2ncn([C@@H]3O[C@H](CO)[C@@H]4OC43)c2n1.[Y]. The van der Waals surface area contributed by atoms with Crippen molar-refractivity contribution in [3.8, 4) is 0 Å². The largest absolute Gasteiger partial charge is 0.394 e. The molecule has 0 saturated carbocycles. The molecule has 0 aliphatic carbocycles. The number of rotatable bonds is 2. The van der Waals surface area contributed by atoms with Crippen LogP contribution >= 0.6 is 0 Å². The summed E-state index contributed by atoms with van der Waals surface area (Å²) in [6.07, 6.45) is 3.91. The summed E-state index contributed by atoms with van der Waals surface area (Å²) < 4.78 is 13.0. The average molecular weight is 336 g/mol. The van der Waals surface area contributed by atoms with Crippen LogP contribution in [0.4, 0.5) is 0 Å². The van der Waals surface area contributed by atoms with Gasteiger partial charge in [0.15, 0.2) is 6.23 Å². The molecule has 4 heterocycles. The number of aliphatic hydroxyl groups is 1. The van der Waals surface area contributed by atoms with E-state index < -0.39 is 0 Å². The van der Waals surface area contributed by atoms with Gasteiger partial charge in [-0.25, -0.2) is 0 Å². The van der Waals surface area contributed by atoms with Crippen LogP contribution in [0.25, 0.3) is 11.2 Å². The first-order valence-corrected chi connectivity index (χ1v) is 5.78. The summed E-state index contributed by atoms with van der Waals surface area (Å²) in [6, 6.07) is 0. The molecule has 1 N–H and O–H groups in total. The van der Waals surface area contributed by atoms with Crippen molar-refractivity contribution in [2.24, 2.45) is 0 Å². The first kappa shape index (κ1) is 13.5. The Balaban J connectivity index is 0.00000110. The quantitative estimate of drug-likeness (QED) is 0.593. The molecule has 1 unspecified atom stereocenters. The second kappa shape index (κ2) is 4.82. The summed E-state index contributed by atoms with van der Waals surface area (Å²) in [4.78, 5) is 12.5. The van der Waals surface area contributed by atoms with Crippen molar-refractivity contribution >= 4 is 11.2 Å². The zero-order valence-electron chi connectivity index (χ0n) is 10.2. The minimum Gasteiger partial charge on any atom is -0.394 e. The topological polar surface area (TPSA) is 85.6 Å². The Kier molecular flexibility index (Phi) is 3.43. The smallest absolute Gasteiger partial charge is 0.155 e. The second-order valence-electron chi connectivity index (χ2n) is 4.52. The fourth-order valence-corrected chi connectivity index (χ4v) is 2.41. The fraction of sp³-hybridized carbons (Fsp3) is 0.545. The number of nitrogens with zero attached hydrogens (tertiary/aromatic N) is 4. The minimum atomic E-state index is -0.278. The summed E-state index contributed by atoms with van der Waals surface area (Å²) in [5, 5.41) is 9.17. The van der Waals surface area contributed by atoms with E-state index in [1.165, 1.54) is 0 Å². The molecule has 2 aromatic heterocycles. The molecular weight excluding hydrogens is 325 g/mol. The first-order valence-electron chi connectivity index (χ1n) is 5.78. The molecule has 0 aromatic carbocycles. The number of epoxide rings is 1. The van der Waals surface area contributed by atoms with Crippen LogP contribution in [0.15, 0.2) is 6.33 Å². The molecule has 2 aromatic rings. The van der Waals surface area contributed by atoms with Gasteiger partial charge < -0.3 is 29.1 Å². The van der Waals surface area contributed by atoms with Crippen molar-refractivity contribution in [3.05, 3.63) is 18.3 Å². The number of ether oxygens (including phenoxy) is 2. The summed E-state index contributed by atoms with van der Waals surface area (Å²) in [6.45, 7) is 1.76.